The average Bonchev–Trinajstić information content (AvgIpc) is 2.75. The number of rotatable bonds is 8. The second kappa shape index (κ2) is 7.00. The van der Waals surface area contributed by atoms with Crippen molar-refractivity contribution in [1.29, 1.82) is 0 Å². The highest BCUT2D eigenvalue weighted by Gasteiger charge is 2.33. The van der Waals surface area contributed by atoms with Crippen LogP contribution in [0.25, 0.3) is 0 Å². The van der Waals surface area contributed by atoms with Crippen LogP contribution in [0, 0.1) is 0 Å². The molecule has 3 atom stereocenters. The van der Waals surface area contributed by atoms with Crippen molar-refractivity contribution in [2.75, 3.05) is 12.8 Å². The SMILES string of the molecule is O=C(O)CCC(OP(=O)(O)CC1CCCO1)C(=O)O. The van der Waals surface area contributed by atoms with Crippen LogP contribution >= 0.6 is 7.60 Å². The fraction of sp³-hybridized carbons (Fsp3) is 0.800. The summed E-state index contributed by atoms with van der Waals surface area (Å²) in [6.07, 6.45) is -1.69. The maximum Gasteiger partial charge on any atom is 0.333 e. The van der Waals surface area contributed by atoms with Crippen LogP contribution in [-0.4, -0.2) is 52.0 Å². The standard InChI is InChI=1S/C10H17O8P/c11-9(12)4-3-8(10(13)14)18-19(15,16)6-7-2-1-5-17-7/h7-8H,1-6H2,(H,11,12)(H,13,14)(H,15,16). The molecule has 0 radical (unpaired) electrons. The molecule has 8 nitrogen and oxygen atoms in total. The first-order valence-corrected chi connectivity index (χ1v) is 7.63. The molecule has 1 fully saturated rings. The number of carboxylic acids is 2. The Hall–Kier alpha value is -0.950. The molecule has 0 aliphatic carbocycles. The second-order valence-electron chi connectivity index (χ2n) is 4.32. The van der Waals surface area contributed by atoms with Gasteiger partial charge in [0.05, 0.1) is 12.3 Å². The van der Waals surface area contributed by atoms with E-state index in [1.807, 2.05) is 0 Å². The minimum Gasteiger partial charge on any atom is -0.481 e. The van der Waals surface area contributed by atoms with E-state index in [0.29, 0.717) is 13.0 Å². The Labute approximate surface area is 109 Å². The molecule has 19 heavy (non-hydrogen) atoms. The van der Waals surface area contributed by atoms with Crippen LogP contribution in [0.5, 0.6) is 0 Å². The third kappa shape index (κ3) is 6.15. The summed E-state index contributed by atoms with van der Waals surface area (Å²) in [5.74, 6) is -2.65. The minimum atomic E-state index is -4.11. The monoisotopic (exact) mass is 296 g/mol. The number of ether oxygens (including phenoxy) is 1. The van der Waals surface area contributed by atoms with Gasteiger partial charge in [0.2, 0.25) is 0 Å². The third-order valence-electron chi connectivity index (χ3n) is 2.65. The smallest absolute Gasteiger partial charge is 0.333 e. The molecule has 0 spiro atoms. The maximum absolute atomic E-state index is 11.8. The van der Waals surface area contributed by atoms with Gasteiger partial charge in [0.15, 0.2) is 6.10 Å². The van der Waals surface area contributed by atoms with Crippen LogP contribution in [0.2, 0.25) is 0 Å². The number of aliphatic carboxylic acids is 2. The highest BCUT2D eigenvalue weighted by molar-refractivity contribution is 7.52. The van der Waals surface area contributed by atoms with Crippen molar-refractivity contribution < 1.29 is 38.5 Å². The van der Waals surface area contributed by atoms with E-state index in [-0.39, 0.29) is 12.6 Å². The molecule has 110 valence electrons. The van der Waals surface area contributed by atoms with E-state index < -0.39 is 38.2 Å². The van der Waals surface area contributed by atoms with Crippen molar-refractivity contribution >= 4 is 19.5 Å². The first-order valence-electron chi connectivity index (χ1n) is 5.86. The normalized spacial score (nSPS) is 23.7. The molecule has 1 heterocycles. The van der Waals surface area contributed by atoms with E-state index in [9.17, 15) is 19.0 Å². The van der Waals surface area contributed by atoms with Gasteiger partial charge in [-0.2, -0.15) is 0 Å². The molecule has 1 saturated heterocycles. The van der Waals surface area contributed by atoms with Crippen molar-refractivity contribution in [3.8, 4) is 0 Å². The molecular formula is C10H17O8P. The molecule has 1 rings (SSSR count). The average molecular weight is 296 g/mol. The molecular weight excluding hydrogens is 279 g/mol. The summed E-state index contributed by atoms with van der Waals surface area (Å²) in [7, 11) is -4.11. The zero-order valence-corrected chi connectivity index (χ0v) is 11.1. The van der Waals surface area contributed by atoms with Crippen molar-refractivity contribution in [1.82, 2.24) is 0 Å². The van der Waals surface area contributed by atoms with Crippen molar-refractivity contribution in [3.05, 3.63) is 0 Å². The van der Waals surface area contributed by atoms with Gasteiger partial charge < -0.3 is 19.8 Å². The fourth-order valence-electron chi connectivity index (χ4n) is 1.76. The summed E-state index contributed by atoms with van der Waals surface area (Å²) in [5.41, 5.74) is 0. The Morgan fingerprint density at radius 3 is 2.58 bits per heavy atom. The lowest BCUT2D eigenvalue weighted by Crippen LogP contribution is -2.25. The van der Waals surface area contributed by atoms with Crippen LogP contribution < -0.4 is 0 Å². The van der Waals surface area contributed by atoms with Crippen LogP contribution in [0.3, 0.4) is 0 Å². The van der Waals surface area contributed by atoms with E-state index in [0.717, 1.165) is 6.42 Å². The summed E-state index contributed by atoms with van der Waals surface area (Å²) >= 11 is 0. The quantitative estimate of drug-likeness (QED) is 0.557. The van der Waals surface area contributed by atoms with Crippen LogP contribution in [0.15, 0.2) is 0 Å². The lowest BCUT2D eigenvalue weighted by atomic mass is 10.2. The molecule has 0 aromatic rings. The van der Waals surface area contributed by atoms with Gasteiger partial charge in [-0.15, -0.1) is 0 Å². The van der Waals surface area contributed by atoms with Gasteiger partial charge in [0.25, 0.3) is 0 Å². The number of hydrogen-bond acceptors (Lipinski definition) is 5. The second-order valence-corrected chi connectivity index (χ2v) is 6.17. The van der Waals surface area contributed by atoms with E-state index in [1.54, 1.807) is 0 Å². The van der Waals surface area contributed by atoms with Crippen molar-refractivity contribution in [2.45, 2.75) is 37.9 Å². The fourth-order valence-corrected chi connectivity index (χ4v) is 3.25. The minimum absolute atomic E-state index is 0.274. The largest absolute Gasteiger partial charge is 0.481 e. The number of hydrogen-bond donors (Lipinski definition) is 3. The summed E-state index contributed by atoms with van der Waals surface area (Å²) < 4.78 is 21.6. The van der Waals surface area contributed by atoms with Crippen LogP contribution in [0.1, 0.15) is 25.7 Å². The summed E-state index contributed by atoms with van der Waals surface area (Å²) in [5, 5.41) is 17.3. The molecule has 0 bridgehead atoms. The van der Waals surface area contributed by atoms with Gasteiger partial charge in [0.1, 0.15) is 0 Å². The van der Waals surface area contributed by atoms with Crippen molar-refractivity contribution in [2.24, 2.45) is 0 Å². The number of carboxylic acid groups (broad SMARTS) is 2. The van der Waals surface area contributed by atoms with E-state index in [1.165, 1.54) is 0 Å². The Kier molecular flexibility index (Phi) is 5.93. The Morgan fingerprint density at radius 1 is 1.42 bits per heavy atom. The van der Waals surface area contributed by atoms with Gasteiger partial charge in [-0.05, 0) is 19.3 Å². The molecule has 0 saturated carbocycles. The van der Waals surface area contributed by atoms with Crippen LogP contribution in [-0.2, 0) is 23.4 Å². The molecule has 0 aromatic heterocycles. The lowest BCUT2D eigenvalue weighted by molar-refractivity contribution is -0.146. The Morgan fingerprint density at radius 2 is 2.11 bits per heavy atom. The van der Waals surface area contributed by atoms with Crippen LogP contribution in [0.4, 0.5) is 0 Å². The van der Waals surface area contributed by atoms with Gasteiger partial charge in [-0.25, -0.2) is 4.79 Å². The van der Waals surface area contributed by atoms with Gasteiger partial charge in [-0.3, -0.25) is 13.9 Å². The highest BCUT2D eigenvalue weighted by Crippen LogP contribution is 2.46. The number of carbonyl (C=O) groups is 2. The zero-order chi connectivity index (χ0) is 14.5. The summed E-state index contributed by atoms with van der Waals surface area (Å²) in [6.45, 7) is 0.506. The summed E-state index contributed by atoms with van der Waals surface area (Å²) in [6, 6.07) is 0. The molecule has 3 unspecified atom stereocenters. The van der Waals surface area contributed by atoms with Gasteiger partial charge in [0, 0.05) is 13.0 Å². The highest BCUT2D eigenvalue weighted by atomic mass is 31.2. The first-order chi connectivity index (χ1) is 8.80. The van der Waals surface area contributed by atoms with Gasteiger partial charge >= 0.3 is 19.5 Å². The summed E-state index contributed by atoms with van der Waals surface area (Å²) in [4.78, 5) is 30.8. The van der Waals surface area contributed by atoms with Crippen molar-refractivity contribution in [3.63, 3.8) is 0 Å². The molecule has 9 heteroatoms. The zero-order valence-electron chi connectivity index (χ0n) is 10.2. The molecule has 0 amide bonds. The Bertz CT molecular complexity index is 376. The lowest BCUT2D eigenvalue weighted by Gasteiger charge is -2.19. The predicted octanol–water partition coefficient (Wildman–Crippen LogP) is 0.685. The van der Waals surface area contributed by atoms with E-state index >= 15 is 0 Å². The molecule has 1 aliphatic rings. The maximum atomic E-state index is 11.8. The Balaban J connectivity index is 2.52. The first kappa shape index (κ1) is 16.1. The predicted molar refractivity (Wildman–Crippen MR) is 63.0 cm³/mol. The topological polar surface area (TPSA) is 130 Å². The molecule has 3 N–H and O–H groups in total. The molecule has 0 aromatic carbocycles. The third-order valence-corrected chi connectivity index (χ3v) is 4.10. The van der Waals surface area contributed by atoms with E-state index in [4.69, 9.17) is 14.9 Å². The molecule has 1 aliphatic heterocycles. The van der Waals surface area contributed by atoms with E-state index in [2.05, 4.69) is 4.52 Å². The van der Waals surface area contributed by atoms with Gasteiger partial charge in [-0.1, -0.05) is 0 Å².